The molecule has 2 N–H and O–H groups in total. The van der Waals surface area contributed by atoms with Gasteiger partial charge in [0.15, 0.2) is 0 Å². The Bertz CT molecular complexity index is 264. The van der Waals surface area contributed by atoms with Crippen LogP contribution in [0.3, 0.4) is 0 Å². The molecule has 0 bridgehead atoms. The maximum atomic E-state index is 8.81. The lowest BCUT2D eigenvalue weighted by atomic mass is 10.1. The third-order valence-corrected chi connectivity index (χ3v) is 1.79. The van der Waals surface area contributed by atoms with E-state index in [0.29, 0.717) is 0 Å². The third-order valence-electron chi connectivity index (χ3n) is 1.79. The lowest BCUT2D eigenvalue weighted by Crippen LogP contribution is -2.03. The molecule has 70 valence electrons. The van der Waals surface area contributed by atoms with Crippen LogP contribution >= 0.6 is 0 Å². The number of nitrogens with one attached hydrogen (secondary N) is 1. The van der Waals surface area contributed by atoms with E-state index >= 15 is 0 Å². The Morgan fingerprint density at radius 3 is 2.54 bits per heavy atom. The van der Waals surface area contributed by atoms with Crippen LogP contribution in [0.5, 0.6) is 0 Å². The Morgan fingerprint density at radius 1 is 1.31 bits per heavy atom. The van der Waals surface area contributed by atoms with E-state index in [2.05, 4.69) is 17.5 Å². The minimum absolute atomic E-state index is 0.112. The maximum absolute atomic E-state index is 8.81. The summed E-state index contributed by atoms with van der Waals surface area (Å²) in [6.45, 7) is 0.988. The highest BCUT2D eigenvalue weighted by Gasteiger charge is 1.88. The van der Waals surface area contributed by atoms with Gasteiger partial charge >= 0.3 is 0 Å². The van der Waals surface area contributed by atoms with Gasteiger partial charge in [-0.15, -0.1) is 0 Å². The summed E-state index contributed by atoms with van der Waals surface area (Å²) in [5, 5.41) is 11.8. The topological polar surface area (TPSA) is 32.3 Å². The van der Waals surface area contributed by atoms with Crippen molar-refractivity contribution in [3.8, 4) is 0 Å². The molecule has 0 radical (unpaired) electrons. The van der Waals surface area contributed by atoms with Gasteiger partial charge in [-0.25, -0.2) is 0 Å². The van der Waals surface area contributed by atoms with E-state index in [9.17, 15) is 0 Å². The number of aliphatic hydroxyl groups excluding tert-OH is 1. The van der Waals surface area contributed by atoms with Crippen molar-refractivity contribution in [1.29, 1.82) is 0 Å². The van der Waals surface area contributed by atoms with Crippen molar-refractivity contribution < 1.29 is 5.11 Å². The van der Waals surface area contributed by atoms with Crippen LogP contribution in [0.25, 0.3) is 6.08 Å². The van der Waals surface area contributed by atoms with E-state index < -0.39 is 0 Å². The van der Waals surface area contributed by atoms with E-state index in [0.717, 1.165) is 17.7 Å². The van der Waals surface area contributed by atoms with Crippen LogP contribution in [0.15, 0.2) is 30.3 Å². The number of likely N-dealkylation sites (N-methyl/N-ethyl adjacent to an activating group) is 1. The van der Waals surface area contributed by atoms with Crippen LogP contribution in [0.4, 0.5) is 0 Å². The lowest BCUT2D eigenvalue weighted by Gasteiger charge is -1.96. The van der Waals surface area contributed by atoms with E-state index in [1.54, 1.807) is 0 Å². The first kappa shape index (κ1) is 9.96. The quantitative estimate of drug-likeness (QED) is 0.729. The second-order valence-electron chi connectivity index (χ2n) is 2.86. The number of benzene rings is 1. The van der Waals surface area contributed by atoms with E-state index in [1.807, 2.05) is 31.3 Å². The van der Waals surface area contributed by atoms with Crippen LogP contribution in [0, 0.1) is 0 Å². The summed E-state index contributed by atoms with van der Waals surface area (Å²) in [7, 11) is 1.92. The molecule has 0 aliphatic rings. The van der Waals surface area contributed by atoms with Crippen molar-refractivity contribution in [3.05, 3.63) is 41.5 Å². The predicted molar refractivity (Wildman–Crippen MR) is 55.3 cm³/mol. The molecular weight excluding hydrogens is 162 g/mol. The molecule has 0 saturated heterocycles. The van der Waals surface area contributed by atoms with Crippen LogP contribution in [-0.4, -0.2) is 18.7 Å². The fourth-order valence-electron chi connectivity index (χ4n) is 1.05. The summed E-state index contributed by atoms with van der Waals surface area (Å²) in [4.78, 5) is 0. The minimum Gasteiger partial charge on any atom is -0.392 e. The van der Waals surface area contributed by atoms with Gasteiger partial charge in [0.05, 0.1) is 6.61 Å². The summed E-state index contributed by atoms with van der Waals surface area (Å²) in [6.07, 6.45) is 4.12. The molecule has 0 aliphatic heterocycles. The van der Waals surface area contributed by atoms with Crippen molar-refractivity contribution in [3.63, 3.8) is 0 Å². The molecule has 0 fully saturated rings. The molecule has 0 heterocycles. The lowest BCUT2D eigenvalue weighted by molar-refractivity contribution is 0.282. The Hall–Kier alpha value is -1.12. The minimum atomic E-state index is 0.112. The second-order valence-corrected chi connectivity index (χ2v) is 2.86. The van der Waals surface area contributed by atoms with E-state index in [4.69, 9.17) is 5.11 Å². The average Bonchev–Trinajstić information content (AvgIpc) is 2.19. The van der Waals surface area contributed by atoms with Crippen molar-refractivity contribution >= 4 is 6.08 Å². The monoisotopic (exact) mass is 177 g/mol. The largest absolute Gasteiger partial charge is 0.392 e. The van der Waals surface area contributed by atoms with E-state index in [-0.39, 0.29) is 6.61 Å². The molecule has 0 aromatic heterocycles. The van der Waals surface area contributed by atoms with Crippen LogP contribution in [-0.2, 0) is 6.61 Å². The number of rotatable bonds is 4. The van der Waals surface area contributed by atoms with Gasteiger partial charge in [0, 0.05) is 6.54 Å². The van der Waals surface area contributed by atoms with Gasteiger partial charge in [-0.2, -0.15) is 0 Å². The molecule has 1 rings (SSSR count). The van der Waals surface area contributed by atoms with Crippen LogP contribution in [0.2, 0.25) is 0 Å². The Balaban J connectivity index is 2.58. The smallest absolute Gasteiger partial charge is 0.0681 e. The summed E-state index contributed by atoms with van der Waals surface area (Å²) in [5.41, 5.74) is 2.11. The Kier molecular flexibility index (Phi) is 4.23. The number of aliphatic hydroxyl groups is 1. The zero-order valence-electron chi connectivity index (χ0n) is 7.83. The third kappa shape index (κ3) is 3.40. The molecule has 2 heteroatoms. The first-order valence-electron chi connectivity index (χ1n) is 4.37. The van der Waals surface area contributed by atoms with Crippen molar-refractivity contribution in [2.75, 3.05) is 13.6 Å². The fraction of sp³-hybridized carbons (Fsp3) is 0.273. The maximum Gasteiger partial charge on any atom is 0.0681 e. The molecule has 1 aromatic carbocycles. The molecule has 0 saturated carbocycles. The summed E-state index contributed by atoms with van der Waals surface area (Å²) >= 11 is 0. The fourth-order valence-corrected chi connectivity index (χ4v) is 1.05. The summed E-state index contributed by atoms with van der Waals surface area (Å²) in [6, 6.07) is 7.85. The van der Waals surface area contributed by atoms with Gasteiger partial charge < -0.3 is 10.4 Å². The zero-order chi connectivity index (χ0) is 9.52. The van der Waals surface area contributed by atoms with Gasteiger partial charge in [-0.05, 0) is 18.2 Å². The number of hydrogen-bond acceptors (Lipinski definition) is 2. The van der Waals surface area contributed by atoms with Gasteiger partial charge in [0.1, 0.15) is 0 Å². The molecule has 0 spiro atoms. The first-order chi connectivity index (χ1) is 6.36. The van der Waals surface area contributed by atoms with Crippen molar-refractivity contribution in [2.24, 2.45) is 0 Å². The highest BCUT2D eigenvalue weighted by molar-refractivity contribution is 5.49. The predicted octanol–water partition coefficient (Wildman–Crippen LogP) is 1.41. The van der Waals surface area contributed by atoms with Gasteiger partial charge in [0.25, 0.3) is 0 Å². The van der Waals surface area contributed by atoms with E-state index in [1.165, 1.54) is 0 Å². The zero-order valence-corrected chi connectivity index (χ0v) is 7.83. The summed E-state index contributed by atoms with van der Waals surface area (Å²) in [5.74, 6) is 0. The average molecular weight is 177 g/mol. The Morgan fingerprint density at radius 2 is 2.00 bits per heavy atom. The molecule has 13 heavy (non-hydrogen) atoms. The molecule has 2 nitrogen and oxygen atoms in total. The number of hydrogen-bond donors (Lipinski definition) is 2. The van der Waals surface area contributed by atoms with Crippen LogP contribution < -0.4 is 5.32 Å². The van der Waals surface area contributed by atoms with Crippen LogP contribution in [0.1, 0.15) is 11.1 Å². The molecular formula is C11H15NO. The summed E-state index contributed by atoms with van der Waals surface area (Å²) < 4.78 is 0. The SMILES string of the molecule is CNCC=Cc1ccc(CO)cc1. The Labute approximate surface area is 78.9 Å². The molecule has 1 aromatic rings. The second kappa shape index (κ2) is 5.51. The molecule has 0 aliphatic carbocycles. The molecule has 0 atom stereocenters. The van der Waals surface area contributed by atoms with Crippen molar-refractivity contribution in [2.45, 2.75) is 6.61 Å². The first-order valence-corrected chi connectivity index (χ1v) is 4.37. The molecule has 0 amide bonds. The highest BCUT2D eigenvalue weighted by Crippen LogP contribution is 2.05. The van der Waals surface area contributed by atoms with Gasteiger partial charge in [0.2, 0.25) is 0 Å². The standard InChI is InChI=1S/C11H15NO/c1-12-8-2-3-10-4-6-11(9-13)7-5-10/h2-7,12-13H,8-9H2,1H3. The van der Waals surface area contributed by atoms with Crippen molar-refractivity contribution in [1.82, 2.24) is 5.32 Å². The van der Waals surface area contributed by atoms with Gasteiger partial charge in [-0.3, -0.25) is 0 Å². The molecule has 0 unspecified atom stereocenters. The highest BCUT2D eigenvalue weighted by atomic mass is 16.3. The van der Waals surface area contributed by atoms with Gasteiger partial charge in [-0.1, -0.05) is 36.4 Å². The normalized spacial score (nSPS) is 10.9.